The highest BCUT2D eigenvalue weighted by Crippen LogP contribution is 2.21. The minimum Gasteiger partial charge on any atom is -0.481 e. The van der Waals surface area contributed by atoms with Crippen LogP contribution in [-0.2, 0) is 16.0 Å². The molecule has 0 atom stereocenters. The third kappa shape index (κ3) is 5.21. The molecule has 1 rings (SSSR count). The van der Waals surface area contributed by atoms with Crippen molar-refractivity contribution in [3.8, 4) is 0 Å². The van der Waals surface area contributed by atoms with Crippen LogP contribution in [0.2, 0.25) is 5.02 Å². The molecule has 0 fully saturated rings. The summed E-state index contributed by atoms with van der Waals surface area (Å²) in [6.45, 7) is 5.51. The average molecular weight is 298 g/mol. The number of aryl methyl sites for hydroxylation is 1. The van der Waals surface area contributed by atoms with Crippen LogP contribution in [0.15, 0.2) is 18.2 Å². The van der Waals surface area contributed by atoms with Gasteiger partial charge in [0.1, 0.15) is 0 Å². The van der Waals surface area contributed by atoms with Crippen LogP contribution in [0.3, 0.4) is 0 Å². The first-order valence-corrected chi connectivity index (χ1v) is 6.86. The van der Waals surface area contributed by atoms with E-state index in [2.05, 4.69) is 5.32 Å². The van der Waals surface area contributed by atoms with Crippen molar-refractivity contribution in [1.82, 2.24) is 5.32 Å². The predicted octanol–water partition coefficient (Wildman–Crippen LogP) is 2.95. The normalized spacial score (nSPS) is 11.2. The summed E-state index contributed by atoms with van der Waals surface area (Å²) in [5, 5.41) is 12.1. The Kier molecular flexibility index (Phi) is 5.57. The first-order valence-electron chi connectivity index (χ1n) is 6.48. The van der Waals surface area contributed by atoms with Crippen LogP contribution < -0.4 is 5.32 Å². The molecule has 0 unspecified atom stereocenters. The van der Waals surface area contributed by atoms with Crippen molar-refractivity contribution in [1.29, 1.82) is 0 Å². The molecule has 1 aromatic rings. The highest BCUT2D eigenvalue weighted by Gasteiger charge is 2.22. The van der Waals surface area contributed by atoms with E-state index in [1.165, 1.54) is 0 Å². The molecule has 20 heavy (non-hydrogen) atoms. The number of carboxylic acids is 1. The largest absolute Gasteiger partial charge is 0.481 e. The van der Waals surface area contributed by atoms with Crippen LogP contribution in [0.1, 0.15) is 37.8 Å². The van der Waals surface area contributed by atoms with Gasteiger partial charge in [0.25, 0.3) is 0 Å². The monoisotopic (exact) mass is 297 g/mol. The van der Waals surface area contributed by atoms with E-state index in [1.807, 2.05) is 39.0 Å². The Hall–Kier alpha value is -1.55. The number of rotatable bonds is 6. The lowest BCUT2D eigenvalue weighted by Crippen LogP contribution is -2.44. The van der Waals surface area contributed by atoms with Crippen molar-refractivity contribution in [2.45, 2.75) is 45.6 Å². The number of carbonyl (C=O) groups is 2. The van der Waals surface area contributed by atoms with Crippen LogP contribution in [0, 0.1) is 6.92 Å². The molecule has 0 aliphatic heterocycles. The third-order valence-electron chi connectivity index (χ3n) is 3.06. The fraction of sp³-hybridized carbons (Fsp3) is 0.467. The van der Waals surface area contributed by atoms with Gasteiger partial charge in [-0.25, -0.2) is 0 Å². The summed E-state index contributed by atoms with van der Waals surface area (Å²) in [5.74, 6) is -1.03. The summed E-state index contributed by atoms with van der Waals surface area (Å²) in [5.41, 5.74) is 1.16. The van der Waals surface area contributed by atoms with Gasteiger partial charge >= 0.3 is 5.97 Å². The second kappa shape index (κ2) is 6.75. The Morgan fingerprint density at radius 3 is 2.60 bits per heavy atom. The molecule has 0 radical (unpaired) electrons. The molecule has 0 heterocycles. The van der Waals surface area contributed by atoms with Crippen molar-refractivity contribution in [3.63, 3.8) is 0 Å². The average Bonchev–Trinajstić information content (AvgIpc) is 2.32. The Labute approximate surface area is 124 Å². The fourth-order valence-electron chi connectivity index (χ4n) is 1.92. The lowest BCUT2D eigenvalue weighted by atomic mass is 9.97. The molecular formula is C15H20ClNO3. The number of amides is 1. The number of benzene rings is 1. The zero-order chi connectivity index (χ0) is 15.3. The Bertz CT molecular complexity index is 512. The molecule has 1 amide bonds. The standard InChI is InChI=1S/C15H20ClNO3/c1-10-5-4-6-11(14(10)16)9-12(18)17-15(2,3)8-7-13(19)20/h4-6H,7-9H2,1-3H3,(H,17,18)(H,19,20). The van der Waals surface area contributed by atoms with Gasteiger partial charge in [-0.15, -0.1) is 0 Å². The van der Waals surface area contributed by atoms with Crippen LogP contribution in [0.25, 0.3) is 0 Å². The van der Waals surface area contributed by atoms with E-state index >= 15 is 0 Å². The molecule has 110 valence electrons. The molecule has 0 spiro atoms. The molecule has 2 N–H and O–H groups in total. The van der Waals surface area contributed by atoms with E-state index in [4.69, 9.17) is 16.7 Å². The van der Waals surface area contributed by atoms with Gasteiger partial charge in [0.2, 0.25) is 5.91 Å². The van der Waals surface area contributed by atoms with Crippen molar-refractivity contribution in [2.24, 2.45) is 0 Å². The topological polar surface area (TPSA) is 66.4 Å². The summed E-state index contributed by atoms with van der Waals surface area (Å²) in [6, 6.07) is 5.57. The highest BCUT2D eigenvalue weighted by molar-refractivity contribution is 6.32. The lowest BCUT2D eigenvalue weighted by molar-refractivity contribution is -0.137. The molecular weight excluding hydrogens is 278 g/mol. The van der Waals surface area contributed by atoms with Gasteiger partial charge in [-0.3, -0.25) is 9.59 Å². The minimum atomic E-state index is -0.867. The van der Waals surface area contributed by atoms with Gasteiger partial charge in [-0.2, -0.15) is 0 Å². The van der Waals surface area contributed by atoms with E-state index in [0.29, 0.717) is 11.4 Å². The van der Waals surface area contributed by atoms with Crippen molar-refractivity contribution < 1.29 is 14.7 Å². The molecule has 0 saturated carbocycles. The number of hydrogen-bond acceptors (Lipinski definition) is 2. The van der Waals surface area contributed by atoms with E-state index in [0.717, 1.165) is 11.1 Å². The zero-order valence-corrected chi connectivity index (χ0v) is 12.8. The SMILES string of the molecule is Cc1cccc(CC(=O)NC(C)(C)CCC(=O)O)c1Cl. The van der Waals surface area contributed by atoms with Gasteiger partial charge in [-0.1, -0.05) is 29.8 Å². The highest BCUT2D eigenvalue weighted by atomic mass is 35.5. The van der Waals surface area contributed by atoms with E-state index in [-0.39, 0.29) is 18.7 Å². The minimum absolute atomic E-state index is 0.0263. The predicted molar refractivity (Wildman–Crippen MR) is 79.0 cm³/mol. The molecule has 0 aliphatic carbocycles. The Morgan fingerprint density at radius 2 is 2.00 bits per heavy atom. The summed E-state index contributed by atoms with van der Waals surface area (Å²) >= 11 is 6.15. The van der Waals surface area contributed by atoms with Gasteiger partial charge in [0, 0.05) is 17.0 Å². The molecule has 0 aliphatic rings. The second-order valence-electron chi connectivity index (χ2n) is 5.55. The second-order valence-corrected chi connectivity index (χ2v) is 5.93. The summed E-state index contributed by atoms with van der Waals surface area (Å²) in [4.78, 5) is 22.6. The molecule has 5 heteroatoms. The van der Waals surface area contributed by atoms with Gasteiger partial charge < -0.3 is 10.4 Å². The maximum atomic E-state index is 12.0. The first kappa shape index (κ1) is 16.5. The molecule has 0 aromatic heterocycles. The number of halogens is 1. The van der Waals surface area contributed by atoms with Crippen LogP contribution >= 0.6 is 11.6 Å². The lowest BCUT2D eigenvalue weighted by Gasteiger charge is -2.25. The maximum Gasteiger partial charge on any atom is 0.303 e. The van der Waals surface area contributed by atoms with Gasteiger partial charge in [0.15, 0.2) is 0 Å². The van der Waals surface area contributed by atoms with Gasteiger partial charge in [-0.05, 0) is 38.3 Å². The number of carbonyl (C=O) groups excluding carboxylic acids is 1. The number of aliphatic carboxylic acids is 1. The zero-order valence-electron chi connectivity index (χ0n) is 12.0. The summed E-state index contributed by atoms with van der Waals surface area (Å²) < 4.78 is 0. The molecule has 0 saturated heterocycles. The summed E-state index contributed by atoms with van der Waals surface area (Å²) in [7, 11) is 0. The van der Waals surface area contributed by atoms with Crippen LogP contribution in [0.5, 0.6) is 0 Å². The fourth-order valence-corrected chi connectivity index (χ4v) is 2.11. The smallest absolute Gasteiger partial charge is 0.303 e. The number of hydrogen-bond donors (Lipinski definition) is 2. The maximum absolute atomic E-state index is 12.0. The summed E-state index contributed by atoms with van der Waals surface area (Å²) in [6.07, 6.45) is 0.602. The Morgan fingerprint density at radius 1 is 1.35 bits per heavy atom. The van der Waals surface area contributed by atoms with Crippen molar-refractivity contribution >= 4 is 23.5 Å². The van der Waals surface area contributed by atoms with Crippen LogP contribution in [0.4, 0.5) is 0 Å². The van der Waals surface area contributed by atoms with Crippen molar-refractivity contribution in [3.05, 3.63) is 34.3 Å². The van der Waals surface area contributed by atoms with E-state index in [1.54, 1.807) is 0 Å². The molecule has 0 bridgehead atoms. The van der Waals surface area contributed by atoms with Gasteiger partial charge in [0.05, 0.1) is 6.42 Å². The van der Waals surface area contributed by atoms with E-state index < -0.39 is 11.5 Å². The van der Waals surface area contributed by atoms with Crippen LogP contribution in [-0.4, -0.2) is 22.5 Å². The van der Waals surface area contributed by atoms with Crippen molar-refractivity contribution in [2.75, 3.05) is 0 Å². The molecule has 1 aromatic carbocycles. The quantitative estimate of drug-likeness (QED) is 0.848. The molecule has 4 nitrogen and oxygen atoms in total. The number of nitrogens with one attached hydrogen (secondary N) is 1. The van der Waals surface area contributed by atoms with E-state index in [9.17, 15) is 9.59 Å². The first-order chi connectivity index (χ1) is 9.21. The third-order valence-corrected chi connectivity index (χ3v) is 3.61. The number of carboxylic acid groups (broad SMARTS) is 1. The Balaban J connectivity index is 2.63.